The van der Waals surface area contributed by atoms with Gasteiger partial charge in [0.25, 0.3) is 0 Å². The van der Waals surface area contributed by atoms with Gasteiger partial charge in [-0.25, -0.2) is 0 Å². The maximum Gasteiger partial charge on any atom is 0.147 e. The predicted octanol–water partition coefficient (Wildman–Crippen LogP) is 0.731. The third-order valence-electron chi connectivity index (χ3n) is 3.08. The number of Topliss-reactive ketones (excluding diaryl/α,β-unsaturated/α-hetero) is 1. The SMILES string of the molecule is CC(=O)[C@H]1NC[C@@H]2OC(C)(C)C[C@@H]21. The topological polar surface area (TPSA) is 38.3 Å². The number of ether oxygens (including phenoxy) is 1. The molecule has 2 aliphatic heterocycles. The zero-order valence-electron chi connectivity index (χ0n) is 8.46. The van der Waals surface area contributed by atoms with Crippen LogP contribution in [0, 0.1) is 5.92 Å². The largest absolute Gasteiger partial charge is 0.371 e. The van der Waals surface area contributed by atoms with Gasteiger partial charge >= 0.3 is 0 Å². The van der Waals surface area contributed by atoms with Gasteiger partial charge in [-0.05, 0) is 27.2 Å². The van der Waals surface area contributed by atoms with Crippen LogP contribution < -0.4 is 5.32 Å². The van der Waals surface area contributed by atoms with Crippen molar-refractivity contribution in [3.8, 4) is 0 Å². The lowest BCUT2D eigenvalue weighted by Crippen LogP contribution is -2.35. The van der Waals surface area contributed by atoms with Gasteiger partial charge < -0.3 is 10.1 Å². The van der Waals surface area contributed by atoms with Gasteiger partial charge in [0, 0.05) is 12.5 Å². The van der Waals surface area contributed by atoms with E-state index in [1.807, 2.05) is 0 Å². The molecule has 0 aromatic carbocycles. The van der Waals surface area contributed by atoms with Crippen LogP contribution in [0.25, 0.3) is 0 Å². The Morgan fingerprint density at radius 3 is 2.85 bits per heavy atom. The van der Waals surface area contributed by atoms with E-state index in [-0.39, 0.29) is 23.5 Å². The molecule has 2 saturated heterocycles. The molecule has 1 N–H and O–H groups in total. The fraction of sp³-hybridized carbons (Fsp3) is 0.900. The van der Waals surface area contributed by atoms with E-state index in [1.165, 1.54) is 0 Å². The minimum Gasteiger partial charge on any atom is -0.371 e. The van der Waals surface area contributed by atoms with E-state index in [9.17, 15) is 4.79 Å². The number of nitrogens with one attached hydrogen (secondary N) is 1. The molecule has 0 saturated carbocycles. The fourth-order valence-electron chi connectivity index (χ4n) is 2.61. The van der Waals surface area contributed by atoms with Crippen molar-refractivity contribution in [3.63, 3.8) is 0 Å². The predicted molar refractivity (Wildman–Crippen MR) is 49.5 cm³/mol. The Morgan fingerprint density at radius 1 is 1.54 bits per heavy atom. The normalized spacial score (nSPS) is 41.9. The van der Waals surface area contributed by atoms with Crippen molar-refractivity contribution in [3.05, 3.63) is 0 Å². The summed E-state index contributed by atoms with van der Waals surface area (Å²) in [6, 6.07) is 0.0341. The van der Waals surface area contributed by atoms with Crippen molar-refractivity contribution < 1.29 is 9.53 Å². The van der Waals surface area contributed by atoms with E-state index in [2.05, 4.69) is 19.2 Å². The molecule has 0 aromatic rings. The van der Waals surface area contributed by atoms with Crippen molar-refractivity contribution >= 4 is 5.78 Å². The monoisotopic (exact) mass is 183 g/mol. The standard InChI is InChI=1S/C10H17NO2/c1-6(12)9-7-4-10(2,3)13-8(7)5-11-9/h7-9,11H,4-5H2,1-3H3/t7-,8-,9+/m0/s1. The van der Waals surface area contributed by atoms with Gasteiger partial charge in [0.05, 0.1) is 17.7 Å². The maximum absolute atomic E-state index is 11.3. The Bertz CT molecular complexity index is 237. The summed E-state index contributed by atoms with van der Waals surface area (Å²) >= 11 is 0. The second-order valence-electron chi connectivity index (χ2n) is 4.78. The molecule has 13 heavy (non-hydrogen) atoms. The van der Waals surface area contributed by atoms with Crippen LogP contribution in [0.3, 0.4) is 0 Å². The quantitative estimate of drug-likeness (QED) is 0.651. The average molecular weight is 183 g/mol. The van der Waals surface area contributed by atoms with Crippen LogP contribution in [0.5, 0.6) is 0 Å². The average Bonchev–Trinajstić information content (AvgIpc) is 2.41. The molecule has 3 nitrogen and oxygen atoms in total. The van der Waals surface area contributed by atoms with Gasteiger partial charge in [0.2, 0.25) is 0 Å². The van der Waals surface area contributed by atoms with Crippen LogP contribution in [0.15, 0.2) is 0 Å². The molecule has 3 heteroatoms. The van der Waals surface area contributed by atoms with Crippen molar-refractivity contribution in [2.75, 3.05) is 6.54 Å². The Labute approximate surface area is 78.8 Å². The molecular weight excluding hydrogens is 166 g/mol. The van der Waals surface area contributed by atoms with Crippen molar-refractivity contribution in [1.82, 2.24) is 5.32 Å². The van der Waals surface area contributed by atoms with E-state index in [0.717, 1.165) is 13.0 Å². The highest BCUT2D eigenvalue weighted by Gasteiger charge is 2.48. The highest BCUT2D eigenvalue weighted by atomic mass is 16.5. The Hall–Kier alpha value is -0.410. The molecule has 0 spiro atoms. The lowest BCUT2D eigenvalue weighted by Gasteiger charge is -2.20. The summed E-state index contributed by atoms with van der Waals surface area (Å²) in [5.41, 5.74) is -0.0366. The van der Waals surface area contributed by atoms with Crippen LogP contribution in [0.2, 0.25) is 0 Å². The van der Waals surface area contributed by atoms with E-state index in [0.29, 0.717) is 5.92 Å². The van der Waals surface area contributed by atoms with Crippen LogP contribution in [0.1, 0.15) is 27.2 Å². The van der Waals surface area contributed by atoms with Crippen LogP contribution >= 0.6 is 0 Å². The van der Waals surface area contributed by atoms with Gasteiger partial charge in [-0.3, -0.25) is 4.79 Å². The zero-order valence-corrected chi connectivity index (χ0v) is 8.46. The summed E-state index contributed by atoms with van der Waals surface area (Å²) < 4.78 is 5.84. The van der Waals surface area contributed by atoms with E-state index < -0.39 is 0 Å². The molecule has 2 aliphatic rings. The number of ketones is 1. The maximum atomic E-state index is 11.3. The van der Waals surface area contributed by atoms with Gasteiger partial charge in [-0.2, -0.15) is 0 Å². The summed E-state index contributed by atoms with van der Waals surface area (Å²) in [6.45, 7) is 6.69. The Balaban J connectivity index is 2.12. The van der Waals surface area contributed by atoms with Crippen molar-refractivity contribution in [2.24, 2.45) is 5.92 Å². The molecule has 0 radical (unpaired) electrons. The van der Waals surface area contributed by atoms with Crippen LogP contribution in [-0.4, -0.2) is 30.1 Å². The molecule has 2 rings (SSSR count). The first-order valence-corrected chi connectivity index (χ1v) is 4.91. The van der Waals surface area contributed by atoms with Gasteiger partial charge in [0.1, 0.15) is 5.78 Å². The summed E-state index contributed by atoms with van der Waals surface area (Å²) in [5.74, 6) is 0.640. The minimum atomic E-state index is -0.0366. The second-order valence-corrected chi connectivity index (χ2v) is 4.78. The summed E-state index contributed by atoms with van der Waals surface area (Å²) in [6.07, 6.45) is 1.25. The molecule has 0 bridgehead atoms. The molecule has 0 aromatic heterocycles. The first kappa shape index (κ1) is 9.16. The van der Waals surface area contributed by atoms with Crippen molar-refractivity contribution in [1.29, 1.82) is 0 Å². The highest BCUT2D eigenvalue weighted by molar-refractivity contribution is 5.82. The third-order valence-corrected chi connectivity index (χ3v) is 3.08. The number of hydrogen-bond acceptors (Lipinski definition) is 3. The number of rotatable bonds is 1. The van der Waals surface area contributed by atoms with E-state index >= 15 is 0 Å². The summed E-state index contributed by atoms with van der Waals surface area (Å²) in [7, 11) is 0. The molecular formula is C10H17NO2. The van der Waals surface area contributed by atoms with Gasteiger partial charge in [0.15, 0.2) is 0 Å². The minimum absolute atomic E-state index is 0.0341. The molecule has 74 valence electrons. The zero-order chi connectivity index (χ0) is 9.64. The van der Waals surface area contributed by atoms with Gasteiger partial charge in [-0.1, -0.05) is 0 Å². The lowest BCUT2D eigenvalue weighted by molar-refractivity contribution is -0.119. The van der Waals surface area contributed by atoms with E-state index in [4.69, 9.17) is 4.74 Å². The van der Waals surface area contributed by atoms with Crippen LogP contribution in [0.4, 0.5) is 0 Å². The number of carbonyl (C=O) groups is 1. The smallest absolute Gasteiger partial charge is 0.147 e. The number of hydrogen-bond donors (Lipinski definition) is 1. The summed E-state index contributed by atoms with van der Waals surface area (Å²) in [4.78, 5) is 11.3. The van der Waals surface area contributed by atoms with E-state index in [1.54, 1.807) is 6.92 Å². The van der Waals surface area contributed by atoms with Gasteiger partial charge in [-0.15, -0.1) is 0 Å². The first-order valence-electron chi connectivity index (χ1n) is 4.91. The lowest BCUT2D eigenvalue weighted by atomic mass is 9.89. The number of carbonyl (C=O) groups excluding carboxylic acids is 1. The molecule has 2 heterocycles. The molecule has 0 aliphatic carbocycles. The Morgan fingerprint density at radius 2 is 2.23 bits per heavy atom. The summed E-state index contributed by atoms with van der Waals surface area (Å²) in [5, 5.41) is 3.22. The fourth-order valence-corrected chi connectivity index (χ4v) is 2.61. The second kappa shape index (κ2) is 2.79. The molecule has 0 amide bonds. The third kappa shape index (κ3) is 1.51. The Kier molecular flexibility index (Phi) is 1.96. The first-order chi connectivity index (χ1) is 5.99. The number of fused-ring (bicyclic) bond motifs is 1. The molecule has 3 atom stereocenters. The molecule has 0 unspecified atom stereocenters. The molecule has 2 fully saturated rings. The van der Waals surface area contributed by atoms with Crippen LogP contribution in [-0.2, 0) is 9.53 Å². The van der Waals surface area contributed by atoms with Crippen molar-refractivity contribution in [2.45, 2.75) is 44.9 Å². The highest BCUT2D eigenvalue weighted by Crippen LogP contribution is 2.39.